The van der Waals surface area contributed by atoms with E-state index in [1.54, 1.807) is 19.1 Å². The van der Waals surface area contributed by atoms with E-state index in [-0.39, 0.29) is 11.3 Å². The number of nitrogens with one attached hydrogen (secondary N) is 1. The summed E-state index contributed by atoms with van der Waals surface area (Å²) in [5.41, 5.74) is 3.10. The minimum Gasteiger partial charge on any atom is -0.369 e. The summed E-state index contributed by atoms with van der Waals surface area (Å²) in [7, 11) is 2.12. The zero-order chi connectivity index (χ0) is 19.6. The van der Waals surface area contributed by atoms with Crippen LogP contribution < -0.4 is 10.2 Å². The van der Waals surface area contributed by atoms with Gasteiger partial charge in [0, 0.05) is 43.1 Å². The van der Waals surface area contributed by atoms with Gasteiger partial charge in [-0.25, -0.2) is 0 Å². The van der Waals surface area contributed by atoms with Crippen LogP contribution in [0, 0.1) is 24.0 Å². The lowest BCUT2D eigenvalue weighted by atomic mass is 10.1. The molecule has 0 bridgehead atoms. The lowest BCUT2D eigenvalue weighted by Gasteiger charge is -2.34. The number of carbonyl (C=O) groups excluding carboxylic acids is 1. The highest BCUT2D eigenvalue weighted by Gasteiger charge is 2.23. The second-order valence-electron chi connectivity index (χ2n) is 6.97. The van der Waals surface area contributed by atoms with Crippen molar-refractivity contribution in [1.29, 1.82) is 0 Å². The molecule has 0 saturated carbocycles. The first-order valence-corrected chi connectivity index (χ1v) is 8.96. The first-order chi connectivity index (χ1) is 12.9. The summed E-state index contributed by atoms with van der Waals surface area (Å²) in [6.07, 6.45) is 0. The molecule has 0 unspecified atom stereocenters. The van der Waals surface area contributed by atoms with Gasteiger partial charge in [0.2, 0.25) is 0 Å². The molecule has 1 aliphatic heterocycles. The zero-order valence-corrected chi connectivity index (χ0v) is 15.9. The van der Waals surface area contributed by atoms with E-state index < -0.39 is 10.8 Å². The number of hydrogen-bond donors (Lipinski definition) is 1. The van der Waals surface area contributed by atoms with Gasteiger partial charge in [0.25, 0.3) is 11.6 Å². The predicted molar refractivity (Wildman–Crippen MR) is 107 cm³/mol. The first kappa shape index (κ1) is 18.8. The Kier molecular flexibility index (Phi) is 5.41. The van der Waals surface area contributed by atoms with Crippen molar-refractivity contribution in [2.45, 2.75) is 13.8 Å². The number of anilines is 2. The SMILES string of the molecule is Cc1cc(N2CCN(C)CC2)ccc1NC(=O)c1cccc(C)c1[N+](=O)[O-]. The standard InChI is InChI=1S/C20H24N4O3/c1-14-5-4-6-17(19(14)24(26)27)20(25)21-18-8-7-16(13-15(18)2)23-11-9-22(3)10-12-23/h4-8,13H,9-12H2,1-3H3,(H,21,25). The highest BCUT2D eigenvalue weighted by molar-refractivity contribution is 6.07. The maximum Gasteiger partial charge on any atom is 0.285 e. The molecule has 0 aromatic heterocycles. The molecule has 27 heavy (non-hydrogen) atoms. The summed E-state index contributed by atoms with van der Waals surface area (Å²) in [4.78, 5) is 28.1. The van der Waals surface area contributed by atoms with Crippen molar-refractivity contribution < 1.29 is 9.72 Å². The zero-order valence-electron chi connectivity index (χ0n) is 15.9. The molecule has 7 nitrogen and oxygen atoms in total. The second kappa shape index (κ2) is 7.75. The summed E-state index contributed by atoms with van der Waals surface area (Å²) >= 11 is 0. The van der Waals surface area contributed by atoms with Crippen LogP contribution in [0.1, 0.15) is 21.5 Å². The predicted octanol–water partition coefficient (Wildman–Crippen LogP) is 3.22. The molecule has 0 spiro atoms. The van der Waals surface area contributed by atoms with E-state index in [1.807, 2.05) is 25.1 Å². The number of nitro benzene ring substituents is 1. The Labute approximate surface area is 158 Å². The third-order valence-electron chi connectivity index (χ3n) is 4.99. The number of rotatable bonds is 4. The summed E-state index contributed by atoms with van der Waals surface area (Å²) in [6.45, 7) is 7.54. The molecule has 3 rings (SSSR count). The molecule has 0 aliphatic carbocycles. The van der Waals surface area contributed by atoms with Gasteiger partial charge in [-0.1, -0.05) is 12.1 Å². The van der Waals surface area contributed by atoms with Gasteiger partial charge in [-0.05, 0) is 50.7 Å². The lowest BCUT2D eigenvalue weighted by molar-refractivity contribution is -0.385. The van der Waals surface area contributed by atoms with E-state index in [0.29, 0.717) is 11.3 Å². The minimum atomic E-state index is -0.506. The summed E-state index contributed by atoms with van der Waals surface area (Å²) in [5.74, 6) is -0.471. The van der Waals surface area contributed by atoms with Crippen LogP contribution in [0.15, 0.2) is 36.4 Å². The Morgan fingerprint density at radius 2 is 1.78 bits per heavy atom. The third-order valence-corrected chi connectivity index (χ3v) is 4.99. The molecule has 142 valence electrons. The molecule has 1 fully saturated rings. The normalized spacial score (nSPS) is 14.9. The van der Waals surface area contributed by atoms with Gasteiger partial charge in [0.05, 0.1) is 4.92 Å². The van der Waals surface area contributed by atoms with Crippen LogP contribution >= 0.6 is 0 Å². The van der Waals surface area contributed by atoms with Gasteiger partial charge in [0.1, 0.15) is 5.56 Å². The largest absolute Gasteiger partial charge is 0.369 e. The quantitative estimate of drug-likeness (QED) is 0.662. The van der Waals surface area contributed by atoms with Gasteiger partial charge in [-0.15, -0.1) is 0 Å². The number of hydrogen-bond acceptors (Lipinski definition) is 5. The number of benzene rings is 2. The number of likely N-dealkylation sites (N-methyl/N-ethyl adjacent to an activating group) is 1. The van der Waals surface area contributed by atoms with Crippen LogP contribution in [0.2, 0.25) is 0 Å². The maximum atomic E-state index is 12.6. The number of piperazine rings is 1. The van der Waals surface area contributed by atoms with Gasteiger partial charge < -0.3 is 15.1 Å². The second-order valence-corrected chi connectivity index (χ2v) is 6.97. The number of nitrogens with zero attached hydrogens (tertiary/aromatic N) is 3. The van der Waals surface area contributed by atoms with Crippen molar-refractivity contribution in [3.05, 3.63) is 63.2 Å². The van der Waals surface area contributed by atoms with Crippen LogP contribution in [0.5, 0.6) is 0 Å². The summed E-state index contributed by atoms with van der Waals surface area (Å²) in [6, 6.07) is 10.7. The molecule has 1 amide bonds. The van der Waals surface area contributed by atoms with Crippen molar-refractivity contribution >= 4 is 23.0 Å². The first-order valence-electron chi connectivity index (χ1n) is 8.96. The van der Waals surface area contributed by atoms with Gasteiger partial charge in [-0.3, -0.25) is 14.9 Å². The van der Waals surface area contributed by atoms with Gasteiger partial charge in [0.15, 0.2) is 0 Å². The Balaban J connectivity index is 1.79. The van der Waals surface area contributed by atoms with E-state index in [9.17, 15) is 14.9 Å². The fourth-order valence-electron chi connectivity index (χ4n) is 3.32. The van der Waals surface area contributed by atoms with Crippen molar-refractivity contribution in [2.24, 2.45) is 0 Å². The highest BCUT2D eigenvalue weighted by Crippen LogP contribution is 2.27. The maximum absolute atomic E-state index is 12.6. The number of carbonyl (C=O) groups is 1. The van der Waals surface area contributed by atoms with Crippen LogP contribution in [0.4, 0.5) is 17.1 Å². The molecule has 1 aliphatic rings. The molecule has 1 heterocycles. The Hall–Kier alpha value is -2.93. The van der Waals surface area contributed by atoms with E-state index in [0.717, 1.165) is 37.4 Å². The number of amides is 1. The van der Waals surface area contributed by atoms with E-state index in [4.69, 9.17) is 0 Å². The van der Waals surface area contributed by atoms with Gasteiger partial charge in [-0.2, -0.15) is 0 Å². The van der Waals surface area contributed by atoms with Crippen LogP contribution in [-0.4, -0.2) is 49.0 Å². The fraction of sp³-hybridized carbons (Fsp3) is 0.350. The topological polar surface area (TPSA) is 78.7 Å². The monoisotopic (exact) mass is 368 g/mol. The molecule has 0 radical (unpaired) electrons. The molecule has 2 aromatic carbocycles. The average Bonchev–Trinajstić information content (AvgIpc) is 2.63. The third kappa shape index (κ3) is 4.09. The van der Waals surface area contributed by atoms with E-state index in [2.05, 4.69) is 22.2 Å². The van der Waals surface area contributed by atoms with Crippen LogP contribution in [0.3, 0.4) is 0 Å². The van der Waals surface area contributed by atoms with Crippen molar-refractivity contribution in [1.82, 2.24) is 4.90 Å². The summed E-state index contributed by atoms with van der Waals surface area (Å²) < 4.78 is 0. The van der Waals surface area contributed by atoms with Gasteiger partial charge >= 0.3 is 0 Å². The Morgan fingerprint density at radius 1 is 1.07 bits per heavy atom. The number of para-hydroxylation sites is 1. The van der Waals surface area contributed by atoms with Crippen molar-refractivity contribution in [3.8, 4) is 0 Å². The average molecular weight is 368 g/mol. The summed E-state index contributed by atoms with van der Waals surface area (Å²) in [5, 5.41) is 14.1. The minimum absolute atomic E-state index is 0.0718. The molecule has 1 saturated heterocycles. The van der Waals surface area contributed by atoms with Crippen molar-refractivity contribution in [2.75, 3.05) is 43.4 Å². The van der Waals surface area contributed by atoms with E-state index >= 15 is 0 Å². The molecular formula is C20H24N4O3. The fourth-order valence-corrected chi connectivity index (χ4v) is 3.32. The molecule has 2 aromatic rings. The van der Waals surface area contributed by atoms with Crippen LogP contribution in [0.25, 0.3) is 0 Å². The molecular weight excluding hydrogens is 344 g/mol. The Bertz CT molecular complexity index is 874. The number of nitro groups is 1. The smallest absolute Gasteiger partial charge is 0.285 e. The van der Waals surface area contributed by atoms with E-state index in [1.165, 1.54) is 6.07 Å². The lowest BCUT2D eigenvalue weighted by Crippen LogP contribution is -2.44. The number of aryl methyl sites for hydroxylation is 2. The van der Waals surface area contributed by atoms with Crippen LogP contribution in [-0.2, 0) is 0 Å². The molecule has 7 heteroatoms. The molecule has 0 atom stereocenters. The molecule has 1 N–H and O–H groups in total. The highest BCUT2D eigenvalue weighted by atomic mass is 16.6. The Morgan fingerprint density at radius 3 is 2.41 bits per heavy atom. The van der Waals surface area contributed by atoms with Crippen molar-refractivity contribution in [3.63, 3.8) is 0 Å².